The van der Waals surface area contributed by atoms with Gasteiger partial charge in [-0.3, -0.25) is 0 Å². The van der Waals surface area contributed by atoms with Crippen molar-refractivity contribution in [3.05, 3.63) is 23.5 Å². The van der Waals surface area contributed by atoms with E-state index in [1.165, 1.54) is 4.68 Å². The van der Waals surface area contributed by atoms with Gasteiger partial charge in [0.25, 0.3) is 0 Å². The van der Waals surface area contributed by atoms with Gasteiger partial charge in [0.15, 0.2) is 0 Å². The molecule has 0 atom stereocenters. The average molecular weight is 287 g/mol. The van der Waals surface area contributed by atoms with Crippen LogP contribution in [0, 0.1) is 5.82 Å². The monoisotopic (exact) mass is 287 g/mol. The van der Waals surface area contributed by atoms with Gasteiger partial charge in [-0.15, -0.1) is 5.10 Å². The lowest BCUT2D eigenvalue weighted by Gasteiger charge is -2.02. The third-order valence-electron chi connectivity index (χ3n) is 2.51. The van der Waals surface area contributed by atoms with Gasteiger partial charge in [0.1, 0.15) is 21.2 Å². The number of carboxylic acids is 1. The zero-order valence-electron chi connectivity index (χ0n) is 9.87. The van der Waals surface area contributed by atoms with Crippen LogP contribution in [0.1, 0.15) is 10.4 Å². The molecule has 0 aliphatic heterocycles. The fraction of sp³-hybridized carbons (Fsp3) is 0.300. The van der Waals surface area contributed by atoms with Crippen molar-refractivity contribution in [1.82, 2.24) is 15.0 Å². The molecule has 0 bridgehead atoms. The van der Waals surface area contributed by atoms with E-state index >= 15 is 0 Å². The fourth-order valence-corrected chi connectivity index (χ4v) is 2.07. The van der Waals surface area contributed by atoms with Gasteiger partial charge in [-0.2, -0.15) is 0 Å². The number of rotatable bonds is 4. The lowest BCUT2D eigenvalue weighted by Crippen LogP contribution is -2.12. The highest BCUT2D eigenvalue weighted by Crippen LogP contribution is 2.17. The molecule has 2 rings (SSSR count). The van der Waals surface area contributed by atoms with Gasteiger partial charge in [-0.1, -0.05) is 5.21 Å². The predicted molar refractivity (Wildman–Crippen MR) is 64.2 cm³/mol. The van der Waals surface area contributed by atoms with Crippen LogP contribution in [-0.4, -0.2) is 46.5 Å². The average Bonchev–Trinajstić information content (AvgIpc) is 2.66. The first-order chi connectivity index (χ1) is 8.78. The maximum atomic E-state index is 13.4. The van der Waals surface area contributed by atoms with E-state index in [0.717, 1.165) is 18.4 Å². The van der Waals surface area contributed by atoms with E-state index in [2.05, 4.69) is 10.3 Å². The van der Waals surface area contributed by atoms with E-state index in [1.807, 2.05) is 0 Å². The Bertz CT molecular complexity index is 753. The molecule has 9 heteroatoms. The molecule has 1 N–H and O–H groups in total. The van der Waals surface area contributed by atoms with Gasteiger partial charge < -0.3 is 5.11 Å². The minimum Gasteiger partial charge on any atom is -0.478 e. The number of halogens is 1. The Morgan fingerprint density at radius 2 is 2.16 bits per heavy atom. The summed E-state index contributed by atoms with van der Waals surface area (Å²) in [5, 5.41) is 16.2. The molecule has 1 heterocycles. The van der Waals surface area contributed by atoms with Crippen molar-refractivity contribution in [1.29, 1.82) is 0 Å². The second-order valence-electron chi connectivity index (χ2n) is 4.07. The van der Waals surface area contributed by atoms with Crippen LogP contribution in [0.15, 0.2) is 12.1 Å². The highest BCUT2D eigenvalue weighted by atomic mass is 32.2. The lowest BCUT2D eigenvalue weighted by molar-refractivity contribution is 0.0692. The van der Waals surface area contributed by atoms with E-state index in [9.17, 15) is 17.6 Å². The molecule has 2 aromatic rings. The highest BCUT2D eigenvalue weighted by Gasteiger charge is 2.15. The van der Waals surface area contributed by atoms with Crippen LogP contribution < -0.4 is 0 Å². The molecule has 1 aromatic carbocycles. The SMILES string of the molecule is CS(=O)(=O)CCn1nnc2cc(F)c(C(=O)O)cc21. The first-order valence-electron chi connectivity index (χ1n) is 5.22. The summed E-state index contributed by atoms with van der Waals surface area (Å²) in [5.74, 6) is -2.48. The number of carbonyl (C=O) groups is 1. The Labute approximate surface area is 107 Å². The topological polar surface area (TPSA) is 102 Å². The molecule has 19 heavy (non-hydrogen) atoms. The zero-order chi connectivity index (χ0) is 14.2. The van der Waals surface area contributed by atoms with Crippen molar-refractivity contribution in [3.63, 3.8) is 0 Å². The van der Waals surface area contributed by atoms with Crippen LogP contribution in [0.5, 0.6) is 0 Å². The van der Waals surface area contributed by atoms with Crippen molar-refractivity contribution in [2.45, 2.75) is 6.54 Å². The summed E-state index contributed by atoms with van der Waals surface area (Å²) in [7, 11) is -3.18. The Kier molecular flexibility index (Phi) is 3.23. The number of aromatic nitrogens is 3. The summed E-state index contributed by atoms with van der Waals surface area (Å²) in [6.07, 6.45) is 1.08. The molecule has 0 saturated carbocycles. The van der Waals surface area contributed by atoms with Crippen LogP contribution in [0.2, 0.25) is 0 Å². The maximum absolute atomic E-state index is 13.4. The van der Waals surface area contributed by atoms with Crippen LogP contribution in [0.25, 0.3) is 11.0 Å². The molecule has 102 valence electrons. The molecular formula is C10H10FN3O4S. The van der Waals surface area contributed by atoms with Gasteiger partial charge >= 0.3 is 5.97 Å². The smallest absolute Gasteiger partial charge is 0.338 e. The van der Waals surface area contributed by atoms with Gasteiger partial charge in [-0.25, -0.2) is 22.3 Å². The van der Waals surface area contributed by atoms with E-state index in [1.54, 1.807) is 0 Å². The number of nitrogens with zero attached hydrogens (tertiary/aromatic N) is 3. The number of sulfone groups is 1. The van der Waals surface area contributed by atoms with Crippen LogP contribution >= 0.6 is 0 Å². The summed E-state index contributed by atoms with van der Waals surface area (Å²) in [6, 6.07) is 2.05. The summed E-state index contributed by atoms with van der Waals surface area (Å²) >= 11 is 0. The van der Waals surface area contributed by atoms with Crippen molar-refractivity contribution in [2.75, 3.05) is 12.0 Å². The van der Waals surface area contributed by atoms with E-state index in [-0.39, 0.29) is 23.3 Å². The second kappa shape index (κ2) is 4.57. The van der Waals surface area contributed by atoms with E-state index in [4.69, 9.17) is 5.11 Å². The molecule has 0 fully saturated rings. The van der Waals surface area contributed by atoms with E-state index in [0.29, 0.717) is 0 Å². The molecular weight excluding hydrogens is 277 g/mol. The molecule has 0 radical (unpaired) electrons. The van der Waals surface area contributed by atoms with Gasteiger partial charge in [0.2, 0.25) is 0 Å². The number of fused-ring (bicyclic) bond motifs is 1. The normalized spacial score (nSPS) is 11.9. The van der Waals surface area contributed by atoms with Crippen molar-refractivity contribution >= 4 is 26.8 Å². The third kappa shape index (κ3) is 2.87. The van der Waals surface area contributed by atoms with Gasteiger partial charge in [-0.05, 0) is 6.07 Å². The molecule has 7 nitrogen and oxygen atoms in total. The van der Waals surface area contributed by atoms with E-state index < -0.39 is 27.2 Å². The minimum atomic E-state index is -3.18. The molecule has 1 aromatic heterocycles. The number of hydrogen-bond acceptors (Lipinski definition) is 5. The first kappa shape index (κ1) is 13.4. The number of aryl methyl sites for hydroxylation is 1. The second-order valence-corrected chi connectivity index (χ2v) is 6.33. The van der Waals surface area contributed by atoms with Crippen LogP contribution in [-0.2, 0) is 16.4 Å². The van der Waals surface area contributed by atoms with Crippen molar-refractivity contribution in [3.8, 4) is 0 Å². The molecule has 0 saturated heterocycles. The number of benzene rings is 1. The molecule has 0 amide bonds. The fourth-order valence-electron chi connectivity index (χ4n) is 1.57. The number of aromatic carboxylic acids is 1. The number of hydrogen-bond donors (Lipinski definition) is 1. The highest BCUT2D eigenvalue weighted by molar-refractivity contribution is 7.90. The Morgan fingerprint density at radius 3 is 2.74 bits per heavy atom. The maximum Gasteiger partial charge on any atom is 0.338 e. The molecule has 0 unspecified atom stereocenters. The predicted octanol–water partition coefficient (Wildman–Crippen LogP) is 0.313. The third-order valence-corrected chi connectivity index (χ3v) is 3.43. The molecule has 0 aliphatic rings. The Hall–Kier alpha value is -2.03. The molecule has 0 aliphatic carbocycles. The van der Waals surface area contributed by atoms with Crippen LogP contribution in [0.4, 0.5) is 4.39 Å². The largest absolute Gasteiger partial charge is 0.478 e. The standard InChI is InChI=1S/C10H10FN3O4S/c1-19(17,18)3-2-14-9-4-6(10(15)16)7(11)5-8(9)12-13-14/h4-5H,2-3H2,1H3,(H,15,16). The quantitative estimate of drug-likeness (QED) is 0.868. The first-order valence-corrected chi connectivity index (χ1v) is 7.28. The molecule has 0 spiro atoms. The van der Waals surface area contributed by atoms with Crippen molar-refractivity contribution < 1.29 is 22.7 Å². The zero-order valence-corrected chi connectivity index (χ0v) is 10.7. The lowest BCUT2D eigenvalue weighted by atomic mass is 10.2. The summed E-state index contributed by atoms with van der Waals surface area (Å²) in [4.78, 5) is 10.8. The Balaban J connectivity index is 2.47. The van der Waals surface area contributed by atoms with Gasteiger partial charge in [0.05, 0.1) is 23.4 Å². The van der Waals surface area contributed by atoms with Crippen LogP contribution in [0.3, 0.4) is 0 Å². The van der Waals surface area contributed by atoms with Gasteiger partial charge in [0, 0.05) is 12.3 Å². The summed E-state index contributed by atoms with van der Waals surface area (Å²) < 4.78 is 36.8. The summed E-state index contributed by atoms with van der Waals surface area (Å²) in [6.45, 7) is 0.0278. The minimum absolute atomic E-state index is 0.0278. The number of carboxylic acid groups (broad SMARTS) is 1. The Morgan fingerprint density at radius 1 is 1.47 bits per heavy atom. The summed E-state index contributed by atoms with van der Waals surface area (Å²) in [5.41, 5.74) is -0.0474. The van der Waals surface area contributed by atoms with Crippen molar-refractivity contribution in [2.24, 2.45) is 0 Å².